The van der Waals surface area contributed by atoms with E-state index in [2.05, 4.69) is 22.8 Å². The Balaban J connectivity index is 1.30. The van der Waals surface area contributed by atoms with Crippen LogP contribution in [-0.4, -0.2) is 33.6 Å². The minimum absolute atomic E-state index is 0.0567. The number of Topliss-reactive ketones (excluding diaryl/α,β-unsaturated/α-hetero) is 1. The predicted molar refractivity (Wildman–Crippen MR) is 190 cm³/mol. The molecule has 48 heavy (non-hydrogen) atoms. The highest BCUT2D eigenvalue weighted by Crippen LogP contribution is 2.44. The lowest BCUT2D eigenvalue weighted by Crippen LogP contribution is -2.29. The van der Waals surface area contributed by atoms with E-state index in [0.29, 0.717) is 51.0 Å². The summed E-state index contributed by atoms with van der Waals surface area (Å²) >= 11 is 8.67. The lowest BCUT2D eigenvalue weighted by molar-refractivity contribution is -0.132. The maximum atomic E-state index is 13.7. The van der Waals surface area contributed by atoms with Crippen molar-refractivity contribution in [2.24, 2.45) is 0 Å². The monoisotopic (exact) mass is 695 g/mol. The van der Waals surface area contributed by atoms with Crippen molar-refractivity contribution in [3.63, 3.8) is 0 Å². The van der Waals surface area contributed by atoms with Crippen LogP contribution in [0.3, 0.4) is 0 Å². The molecule has 242 valence electrons. The highest BCUT2D eigenvalue weighted by molar-refractivity contribution is 8.00. The van der Waals surface area contributed by atoms with Crippen molar-refractivity contribution in [2.75, 3.05) is 11.5 Å². The average Bonchev–Trinajstić information content (AvgIpc) is 3.67. The van der Waals surface area contributed by atoms with Crippen LogP contribution in [0.5, 0.6) is 11.5 Å². The minimum Gasteiger partial charge on any atom is -0.507 e. The molecule has 1 atom stereocenters. The number of halogens is 1. The molecule has 8 nitrogen and oxygen atoms in total. The first-order valence-corrected chi connectivity index (χ1v) is 17.1. The van der Waals surface area contributed by atoms with Gasteiger partial charge < -0.3 is 14.6 Å². The smallest absolute Gasteiger partial charge is 0.301 e. The fourth-order valence-electron chi connectivity index (χ4n) is 5.16. The van der Waals surface area contributed by atoms with E-state index in [4.69, 9.17) is 21.1 Å². The van der Waals surface area contributed by atoms with E-state index in [1.165, 1.54) is 28.0 Å². The van der Waals surface area contributed by atoms with Crippen molar-refractivity contribution in [2.45, 2.75) is 29.7 Å². The van der Waals surface area contributed by atoms with Gasteiger partial charge in [0.1, 0.15) is 30.5 Å². The van der Waals surface area contributed by atoms with Crippen LogP contribution < -0.4 is 14.4 Å². The first kappa shape index (κ1) is 33.0. The highest BCUT2D eigenvalue weighted by atomic mass is 35.5. The summed E-state index contributed by atoms with van der Waals surface area (Å²) in [6, 6.07) is 28.4. The first-order chi connectivity index (χ1) is 23.3. The third-order valence-corrected chi connectivity index (χ3v) is 9.88. The number of aliphatic hydroxyl groups is 1. The van der Waals surface area contributed by atoms with Gasteiger partial charge in [-0.3, -0.25) is 14.5 Å². The summed E-state index contributed by atoms with van der Waals surface area (Å²) in [7, 11) is 0. The molecule has 2 heterocycles. The van der Waals surface area contributed by atoms with Crippen molar-refractivity contribution >= 4 is 57.3 Å². The molecule has 1 saturated heterocycles. The molecule has 1 fully saturated rings. The molecule has 0 saturated carbocycles. The number of hydrogen-bond donors (Lipinski definition) is 1. The molecule has 0 bridgehead atoms. The Labute approximate surface area is 291 Å². The van der Waals surface area contributed by atoms with Crippen molar-refractivity contribution in [3.8, 4) is 11.5 Å². The second-order valence-corrected chi connectivity index (χ2v) is 13.5. The summed E-state index contributed by atoms with van der Waals surface area (Å²) in [4.78, 5) is 28.6. The number of ketones is 1. The molecule has 0 spiro atoms. The fraction of sp³-hybridized carbons (Fsp3) is 0.135. The molecular weight excluding hydrogens is 666 g/mol. The van der Waals surface area contributed by atoms with Crippen molar-refractivity contribution in [3.05, 3.63) is 148 Å². The van der Waals surface area contributed by atoms with Gasteiger partial charge in [0, 0.05) is 16.3 Å². The summed E-state index contributed by atoms with van der Waals surface area (Å²) < 4.78 is 12.2. The Bertz CT molecular complexity index is 1980. The first-order valence-electron chi connectivity index (χ1n) is 14.9. The quantitative estimate of drug-likeness (QED) is 0.0346. The van der Waals surface area contributed by atoms with Gasteiger partial charge >= 0.3 is 5.91 Å². The Kier molecular flexibility index (Phi) is 10.2. The number of thioether (sulfide) groups is 1. The van der Waals surface area contributed by atoms with Crippen LogP contribution in [-0.2, 0) is 21.9 Å². The van der Waals surface area contributed by atoms with Gasteiger partial charge in [0.2, 0.25) is 5.13 Å². The third-order valence-electron chi connectivity index (χ3n) is 7.50. The van der Waals surface area contributed by atoms with E-state index in [-0.39, 0.29) is 16.5 Å². The Hall–Kier alpha value is -4.90. The molecule has 11 heteroatoms. The van der Waals surface area contributed by atoms with E-state index >= 15 is 0 Å². The van der Waals surface area contributed by atoms with Crippen LogP contribution in [0.1, 0.15) is 33.9 Å². The summed E-state index contributed by atoms with van der Waals surface area (Å²) in [5, 5.41) is 21.1. The lowest BCUT2D eigenvalue weighted by atomic mass is 9.95. The predicted octanol–water partition coefficient (Wildman–Crippen LogP) is 8.56. The van der Waals surface area contributed by atoms with Gasteiger partial charge in [-0.1, -0.05) is 101 Å². The van der Waals surface area contributed by atoms with Gasteiger partial charge in [-0.25, -0.2) is 0 Å². The van der Waals surface area contributed by atoms with Crippen molar-refractivity contribution in [1.82, 2.24) is 10.2 Å². The normalized spacial score (nSPS) is 15.5. The minimum atomic E-state index is -0.960. The SMILES string of the molecule is C=CCOc1ccc(C2C(=C(O)c3ccc(OCc4cccc(C)c4)cc3)C(=O)C(=O)N2c2nnc(SCc3ccc(Cl)cc3)s2)cc1. The molecular formula is C37H30ClN3O5S2. The number of nitrogens with zero attached hydrogens (tertiary/aromatic N) is 3. The highest BCUT2D eigenvalue weighted by Gasteiger charge is 2.48. The van der Waals surface area contributed by atoms with Crippen LogP contribution in [0.2, 0.25) is 5.02 Å². The fourth-order valence-corrected chi connectivity index (χ4v) is 7.11. The number of carbonyl (C=O) groups is 2. The zero-order valence-electron chi connectivity index (χ0n) is 25.8. The molecule has 1 aliphatic heterocycles. The van der Waals surface area contributed by atoms with Crippen LogP contribution in [0.15, 0.2) is 120 Å². The molecule has 4 aromatic carbocycles. The van der Waals surface area contributed by atoms with Crippen LogP contribution >= 0.6 is 34.7 Å². The second kappa shape index (κ2) is 14.9. The summed E-state index contributed by atoms with van der Waals surface area (Å²) in [6.45, 7) is 6.40. The number of hydrogen-bond acceptors (Lipinski definition) is 9. The van der Waals surface area contributed by atoms with Crippen LogP contribution in [0.25, 0.3) is 5.76 Å². The van der Waals surface area contributed by atoms with E-state index in [1.807, 2.05) is 49.4 Å². The van der Waals surface area contributed by atoms with Gasteiger partial charge in [0.25, 0.3) is 5.78 Å². The zero-order valence-corrected chi connectivity index (χ0v) is 28.2. The molecule has 1 aliphatic rings. The molecule has 6 rings (SSSR count). The standard InChI is InChI=1S/C37H30ClN3O5S2/c1-3-19-45-29-15-9-26(10-16-29)32-31(33(42)27-11-17-30(18-12-27)46-21-25-6-4-5-23(2)20-25)34(43)35(44)41(32)36-39-40-37(48-36)47-22-24-7-13-28(38)14-8-24/h3-18,20,32,42H,1,19,21-22H2,2H3. The van der Waals surface area contributed by atoms with Gasteiger partial charge in [-0.15, -0.1) is 10.2 Å². The number of carbonyl (C=O) groups excluding carboxylic acids is 2. The van der Waals surface area contributed by atoms with Gasteiger partial charge in [-0.05, 0) is 72.1 Å². The van der Waals surface area contributed by atoms with E-state index in [1.54, 1.807) is 54.6 Å². The van der Waals surface area contributed by atoms with Gasteiger partial charge in [0.05, 0.1) is 11.6 Å². The van der Waals surface area contributed by atoms with E-state index in [9.17, 15) is 14.7 Å². The zero-order chi connectivity index (χ0) is 33.6. The number of rotatable bonds is 12. The summed E-state index contributed by atoms with van der Waals surface area (Å²) in [6.07, 6.45) is 1.64. The van der Waals surface area contributed by atoms with E-state index in [0.717, 1.165) is 16.7 Å². The molecule has 0 radical (unpaired) electrons. The number of aromatic nitrogens is 2. The number of amides is 1. The molecule has 1 unspecified atom stereocenters. The maximum absolute atomic E-state index is 13.7. The van der Waals surface area contributed by atoms with E-state index < -0.39 is 17.7 Å². The largest absolute Gasteiger partial charge is 0.507 e. The molecule has 1 amide bonds. The maximum Gasteiger partial charge on any atom is 0.301 e. The summed E-state index contributed by atoms with van der Waals surface area (Å²) in [5.74, 6) is -0.136. The Morgan fingerprint density at radius 3 is 2.38 bits per heavy atom. The van der Waals surface area contributed by atoms with Gasteiger partial charge in [0.15, 0.2) is 4.34 Å². The van der Waals surface area contributed by atoms with Crippen LogP contribution in [0, 0.1) is 6.92 Å². The molecule has 5 aromatic rings. The number of aryl methyl sites for hydroxylation is 1. The van der Waals surface area contributed by atoms with Gasteiger partial charge in [-0.2, -0.15) is 0 Å². The second-order valence-electron chi connectivity index (χ2n) is 10.9. The molecule has 1 N–H and O–H groups in total. The third kappa shape index (κ3) is 7.46. The number of aliphatic hydroxyl groups excluding tert-OH is 1. The Morgan fingerprint density at radius 2 is 1.67 bits per heavy atom. The molecule has 1 aromatic heterocycles. The van der Waals surface area contributed by atoms with Crippen molar-refractivity contribution in [1.29, 1.82) is 0 Å². The van der Waals surface area contributed by atoms with Crippen LogP contribution in [0.4, 0.5) is 5.13 Å². The number of benzene rings is 4. The topological polar surface area (TPSA) is 102 Å². The van der Waals surface area contributed by atoms with Crippen molar-refractivity contribution < 1.29 is 24.2 Å². The summed E-state index contributed by atoms with van der Waals surface area (Å²) in [5.41, 5.74) is 4.12. The average molecular weight is 696 g/mol. The number of anilines is 1. The lowest BCUT2D eigenvalue weighted by Gasteiger charge is -2.22. The number of ether oxygens (including phenoxy) is 2. The molecule has 0 aliphatic carbocycles. The Morgan fingerprint density at radius 1 is 0.958 bits per heavy atom.